The van der Waals surface area contributed by atoms with Crippen LogP contribution in [-0.4, -0.2) is 15.2 Å². The molecule has 0 unspecified atom stereocenters. The molecule has 0 spiro atoms. The molecule has 3 aromatic rings. The largest absolute Gasteiger partial charge is 0.325 e. The van der Waals surface area contributed by atoms with Gasteiger partial charge in [-0.1, -0.05) is 6.07 Å². The van der Waals surface area contributed by atoms with Crippen molar-refractivity contribution in [1.82, 2.24) is 15.2 Å². The minimum atomic E-state index is -2.59. The lowest BCUT2D eigenvalue weighted by atomic mass is 10.0. The Labute approximate surface area is 123 Å². The van der Waals surface area contributed by atoms with Crippen molar-refractivity contribution in [3.63, 3.8) is 0 Å². The summed E-state index contributed by atoms with van der Waals surface area (Å²) in [6.07, 6.45) is 0.0414. The molecule has 0 aliphatic rings. The van der Waals surface area contributed by atoms with Gasteiger partial charge < -0.3 is 5.73 Å². The molecule has 2 heterocycles. The van der Waals surface area contributed by atoms with Crippen LogP contribution in [0.25, 0.3) is 21.9 Å². The van der Waals surface area contributed by atoms with Crippen molar-refractivity contribution < 1.29 is 8.78 Å². The Balaban J connectivity index is 2.20. The second-order valence-corrected chi connectivity index (χ2v) is 4.77. The van der Waals surface area contributed by atoms with Crippen molar-refractivity contribution in [2.45, 2.75) is 13.0 Å². The molecule has 0 fully saturated rings. The second-order valence-electron chi connectivity index (χ2n) is 4.77. The highest BCUT2D eigenvalue weighted by Gasteiger charge is 2.11. The van der Waals surface area contributed by atoms with Crippen LogP contribution in [-0.2, 0) is 6.54 Å². The fourth-order valence-electron chi connectivity index (χ4n) is 2.29. The van der Waals surface area contributed by atoms with Crippen LogP contribution >= 0.6 is 0 Å². The fourth-order valence-corrected chi connectivity index (χ4v) is 2.29. The van der Waals surface area contributed by atoms with Gasteiger partial charge >= 0.3 is 0 Å². The van der Waals surface area contributed by atoms with Crippen LogP contribution in [0, 0.1) is 0 Å². The standard InChI is InChI=1S/C15H12F2N4O/c16-14(17)10-3-9(6-19-7-10)8-1-2-11-12(4-8)13(5-18)20-21-15(11)22/h1-4,6-7,14H,5,18H2,(H,21,22). The summed E-state index contributed by atoms with van der Waals surface area (Å²) < 4.78 is 25.6. The average molecular weight is 302 g/mol. The smallest absolute Gasteiger partial charge is 0.272 e. The van der Waals surface area contributed by atoms with Crippen molar-refractivity contribution in [3.05, 3.63) is 58.3 Å². The number of nitrogens with zero attached hydrogens (tertiary/aromatic N) is 2. The highest BCUT2D eigenvalue weighted by molar-refractivity contribution is 5.88. The van der Waals surface area contributed by atoms with Crippen LogP contribution in [0.3, 0.4) is 0 Å². The monoisotopic (exact) mass is 302 g/mol. The van der Waals surface area contributed by atoms with E-state index in [9.17, 15) is 13.6 Å². The summed E-state index contributed by atoms with van der Waals surface area (Å²) >= 11 is 0. The molecule has 0 amide bonds. The SMILES string of the molecule is NCc1n[nH]c(=O)c2ccc(-c3cncc(C(F)F)c3)cc12. The van der Waals surface area contributed by atoms with Crippen molar-refractivity contribution in [2.24, 2.45) is 5.73 Å². The van der Waals surface area contributed by atoms with E-state index in [-0.39, 0.29) is 17.7 Å². The molecule has 3 N–H and O–H groups in total. The maximum absolute atomic E-state index is 12.8. The molecule has 22 heavy (non-hydrogen) atoms. The van der Waals surface area contributed by atoms with Gasteiger partial charge in [0.1, 0.15) is 0 Å². The highest BCUT2D eigenvalue weighted by Crippen LogP contribution is 2.27. The molecule has 0 aliphatic heterocycles. The van der Waals surface area contributed by atoms with Crippen molar-refractivity contribution in [1.29, 1.82) is 0 Å². The number of aromatic amines is 1. The minimum absolute atomic E-state index is 0.152. The zero-order chi connectivity index (χ0) is 15.7. The number of nitrogens with two attached hydrogens (primary N) is 1. The van der Waals surface area contributed by atoms with E-state index in [1.807, 2.05) is 0 Å². The molecule has 5 nitrogen and oxygen atoms in total. The van der Waals surface area contributed by atoms with E-state index in [2.05, 4.69) is 15.2 Å². The molecule has 0 saturated carbocycles. The van der Waals surface area contributed by atoms with E-state index in [1.54, 1.807) is 18.2 Å². The molecule has 0 aliphatic carbocycles. The van der Waals surface area contributed by atoms with E-state index in [0.29, 0.717) is 27.6 Å². The molecule has 0 saturated heterocycles. The summed E-state index contributed by atoms with van der Waals surface area (Å²) in [5.74, 6) is 0. The van der Waals surface area contributed by atoms with Gasteiger partial charge in [-0.2, -0.15) is 5.10 Å². The number of halogens is 2. The van der Waals surface area contributed by atoms with Crippen molar-refractivity contribution in [2.75, 3.05) is 0 Å². The minimum Gasteiger partial charge on any atom is -0.325 e. The number of rotatable bonds is 3. The van der Waals surface area contributed by atoms with Gasteiger partial charge in [0.15, 0.2) is 0 Å². The number of hydrogen-bond donors (Lipinski definition) is 2. The Bertz CT molecular complexity index is 892. The zero-order valence-corrected chi connectivity index (χ0v) is 11.4. The van der Waals surface area contributed by atoms with Crippen LogP contribution in [0.4, 0.5) is 8.78 Å². The summed E-state index contributed by atoms with van der Waals surface area (Å²) in [5, 5.41) is 7.35. The Morgan fingerprint density at radius 2 is 1.95 bits per heavy atom. The summed E-state index contributed by atoms with van der Waals surface area (Å²) in [4.78, 5) is 15.6. The Hall–Kier alpha value is -2.67. The van der Waals surface area contributed by atoms with E-state index >= 15 is 0 Å². The Kier molecular flexibility index (Phi) is 3.64. The zero-order valence-electron chi connectivity index (χ0n) is 11.4. The predicted molar refractivity (Wildman–Crippen MR) is 78.4 cm³/mol. The number of alkyl halides is 2. The van der Waals surface area contributed by atoms with Crippen LogP contribution < -0.4 is 11.3 Å². The quantitative estimate of drug-likeness (QED) is 0.778. The lowest BCUT2D eigenvalue weighted by Crippen LogP contribution is -2.13. The molecule has 0 bridgehead atoms. The topological polar surface area (TPSA) is 84.7 Å². The van der Waals surface area contributed by atoms with Crippen LogP contribution in [0.5, 0.6) is 0 Å². The number of fused-ring (bicyclic) bond motifs is 1. The highest BCUT2D eigenvalue weighted by atomic mass is 19.3. The molecular weight excluding hydrogens is 290 g/mol. The third kappa shape index (κ3) is 2.46. The first-order chi connectivity index (χ1) is 10.6. The molecule has 0 radical (unpaired) electrons. The first kappa shape index (κ1) is 14.3. The van der Waals surface area contributed by atoms with E-state index in [1.165, 1.54) is 12.3 Å². The maximum atomic E-state index is 12.8. The predicted octanol–water partition coefficient (Wildman–Crippen LogP) is 2.38. The van der Waals surface area contributed by atoms with Gasteiger partial charge in [-0.25, -0.2) is 13.9 Å². The van der Waals surface area contributed by atoms with Crippen molar-refractivity contribution in [3.8, 4) is 11.1 Å². The first-order valence-corrected chi connectivity index (χ1v) is 6.55. The van der Waals surface area contributed by atoms with E-state index in [4.69, 9.17) is 5.73 Å². The summed E-state index contributed by atoms with van der Waals surface area (Å²) in [5.41, 5.74) is 6.90. The third-order valence-corrected chi connectivity index (χ3v) is 3.41. The number of benzene rings is 1. The lowest BCUT2D eigenvalue weighted by molar-refractivity contribution is 0.151. The number of nitrogens with one attached hydrogen (secondary N) is 1. The molecule has 3 rings (SSSR count). The molecule has 0 atom stereocenters. The molecular formula is C15H12F2N4O. The average Bonchev–Trinajstić information content (AvgIpc) is 2.55. The Morgan fingerprint density at radius 3 is 2.68 bits per heavy atom. The van der Waals surface area contributed by atoms with E-state index in [0.717, 1.165) is 6.20 Å². The van der Waals surface area contributed by atoms with E-state index < -0.39 is 6.43 Å². The summed E-state index contributed by atoms with van der Waals surface area (Å²) in [6, 6.07) is 6.40. The van der Waals surface area contributed by atoms with Gasteiger partial charge in [-0.15, -0.1) is 0 Å². The maximum Gasteiger partial charge on any atom is 0.272 e. The van der Waals surface area contributed by atoms with Gasteiger partial charge in [0.25, 0.3) is 12.0 Å². The number of pyridine rings is 1. The molecule has 7 heteroatoms. The molecule has 2 aromatic heterocycles. The first-order valence-electron chi connectivity index (χ1n) is 6.55. The van der Waals surface area contributed by atoms with Crippen molar-refractivity contribution >= 4 is 10.8 Å². The normalized spacial score (nSPS) is 11.3. The van der Waals surface area contributed by atoms with Gasteiger partial charge in [0, 0.05) is 35.5 Å². The van der Waals surface area contributed by atoms with Gasteiger partial charge in [0.2, 0.25) is 0 Å². The second kappa shape index (κ2) is 5.61. The third-order valence-electron chi connectivity index (χ3n) is 3.41. The van der Waals surface area contributed by atoms with Crippen LogP contribution in [0.1, 0.15) is 17.7 Å². The van der Waals surface area contributed by atoms with Gasteiger partial charge in [-0.3, -0.25) is 9.78 Å². The number of aromatic nitrogens is 3. The van der Waals surface area contributed by atoms with Crippen LogP contribution in [0.2, 0.25) is 0 Å². The number of hydrogen-bond acceptors (Lipinski definition) is 4. The van der Waals surface area contributed by atoms with Gasteiger partial charge in [0.05, 0.1) is 11.1 Å². The molecule has 112 valence electrons. The van der Waals surface area contributed by atoms with Gasteiger partial charge in [-0.05, 0) is 23.8 Å². The Morgan fingerprint density at radius 1 is 1.14 bits per heavy atom. The molecule has 1 aromatic carbocycles. The summed E-state index contributed by atoms with van der Waals surface area (Å²) in [6.45, 7) is 0.159. The fraction of sp³-hybridized carbons (Fsp3) is 0.133. The lowest BCUT2D eigenvalue weighted by Gasteiger charge is -2.07. The van der Waals surface area contributed by atoms with Crippen LogP contribution in [0.15, 0.2) is 41.5 Å². The number of H-pyrrole nitrogens is 1. The summed E-state index contributed by atoms with van der Waals surface area (Å²) in [7, 11) is 0.